The number of fused-ring (bicyclic) bond motifs is 1. The highest BCUT2D eigenvalue weighted by Crippen LogP contribution is 2.38. The first-order valence-electron chi connectivity index (χ1n) is 8.66. The van der Waals surface area contributed by atoms with Crippen LogP contribution in [0.25, 0.3) is 0 Å². The molecule has 1 saturated heterocycles. The lowest BCUT2D eigenvalue weighted by molar-refractivity contribution is 0.0658. The minimum atomic E-state index is 0.475. The Morgan fingerprint density at radius 3 is 2.86 bits per heavy atom. The van der Waals surface area contributed by atoms with E-state index in [2.05, 4.69) is 55.3 Å². The fourth-order valence-electron chi connectivity index (χ4n) is 4.21. The third kappa shape index (κ3) is 3.17. The van der Waals surface area contributed by atoms with Gasteiger partial charge in [0.2, 0.25) is 0 Å². The molecule has 3 rings (SSSR count). The molecule has 21 heavy (non-hydrogen) atoms. The number of rotatable bonds is 4. The zero-order valence-corrected chi connectivity index (χ0v) is 13.9. The van der Waals surface area contributed by atoms with Crippen molar-refractivity contribution in [3.63, 3.8) is 0 Å². The van der Waals surface area contributed by atoms with E-state index < -0.39 is 0 Å². The first-order chi connectivity index (χ1) is 10.1. The van der Waals surface area contributed by atoms with Crippen molar-refractivity contribution in [1.82, 2.24) is 10.2 Å². The minimum Gasteiger partial charge on any atom is -0.309 e. The number of benzene rings is 1. The molecule has 2 aliphatic rings. The van der Waals surface area contributed by atoms with Crippen molar-refractivity contribution in [2.75, 3.05) is 19.6 Å². The molecule has 0 saturated carbocycles. The summed E-state index contributed by atoms with van der Waals surface area (Å²) in [6, 6.07) is 10.2. The molecule has 2 unspecified atom stereocenters. The summed E-state index contributed by atoms with van der Waals surface area (Å²) in [6.45, 7) is 10.7. The third-order valence-corrected chi connectivity index (χ3v) is 5.22. The summed E-state index contributed by atoms with van der Waals surface area (Å²) in [4.78, 5) is 2.76. The molecule has 0 amide bonds. The molecule has 2 atom stereocenters. The highest BCUT2D eigenvalue weighted by molar-refractivity contribution is 5.37. The van der Waals surface area contributed by atoms with Crippen molar-refractivity contribution in [1.29, 1.82) is 0 Å². The summed E-state index contributed by atoms with van der Waals surface area (Å²) >= 11 is 0. The minimum absolute atomic E-state index is 0.475. The van der Waals surface area contributed by atoms with E-state index in [9.17, 15) is 0 Å². The second-order valence-corrected chi connectivity index (χ2v) is 7.64. The van der Waals surface area contributed by atoms with E-state index in [-0.39, 0.29) is 0 Å². The van der Waals surface area contributed by atoms with Crippen LogP contribution in [0.4, 0.5) is 0 Å². The average molecular weight is 286 g/mol. The van der Waals surface area contributed by atoms with Gasteiger partial charge in [0, 0.05) is 18.6 Å². The van der Waals surface area contributed by atoms with Gasteiger partial charge in [-0.25, -0.2) is 0 Å². The number of piperidine rings is 1. The molecule has 2 heteroatoms. The number of likely N-dealkylation sites (tertiary alicyclic amines) is 1. The van der Waals surface area contributed by atoms with Gasteiger partial charge >= 0.3 is 0 Å². The molecule has 0 aromatic heterocycles. The van der Waals surface area contributed by atoms with Crippen LogP contribution in [0.1, 0.15) is 57.2 Å². The standard InChI is InChI=1S/C19H30N2/c1-4-11-20-18-16-9-6-5-8-15(16)13-17(18)21-12-7-10-19(2,3)14-21/h5-6,8-9,17-18,20H,4,7,10-14H2,1-3H3. The van der Waals surface area contributed by atoms with E-state index >= 15 is 0 Å². The van der Waals surface area contributed by atoms with E-state index in [1.807, 2.05) is 0 Å². The number of nitrogens with one attached hydrogen (secondary N) is 1. The van der Waals surface area contributed by atoms with Crippen LogP contribution in [-0.2, 0) is 6.42 Å². The quantitative estimate of drug-likeness (QED) is 0.906. The van der Waals surface area contributed by atoms with Gasteiger partial charge in [-0.2, -0.15) is 0 Å². The van der Waals surface area contributed by atoms with Crippen LogP contribution >= 0.6 is 0 Å². The van der Waals surface area contributed by atoms with E-state index in [0.717, 1.165) is 6.54 Å². The van der Waals surface area contributed by atoms with Gasteiger partial charge in [0.05, 0.1) is 0 Å². The van der Waals surface area contributed by atoms with Gasteiger partial charge in [0.1, 0.15) is 0 Å². The summed E-state index contributed by atoms with van der Waals surface area (Å²) in [7, 11) is 0. The fourth-order valence-corrected chi connectivity index (χ4v) is 4.21. The summed E-state index contributed by atoms with van der Waals surface area (Å²) < 4.78 is 0. The average Bonchev–Trinajstić information content (AvgIpc) is 2.83. The molecule has 0 spiro atoms. The van der Waals surface area contributed by atoms with Crippen LogP contribution in [0.15, 0.2) is 24.3 Å². The van der Waals surface area contributed by atoms with Crippen molar-refractivity contribution in [2.24, 2.45) is 5.41 Å². The fraction of sp³-hybridized carbons (Fsp3) is 0.684. The Bertz CT molecular complexity index is 480. The van der Waals surface area contributed by atoms with Gasteiger partial charge in [-0.15, -0.1) is 0 Å². The van der Waals surface area contributed by atoms with Gasteiger partial charge < -0.3 is 5.32 Å². The molecule has 1 aliphatic carbocycles. The zero-order chi connectivity index (χ0) is 14.9. The summed E-state index contributed by atoms with van der Waals surface area (Å²) in [6.07, 6.45) is 5.14. The van der Waals surface area contributed by atoms with E-state index in [4.69, 9.17) is 0 Å². The van der Waals surface area contributed by atoms with Crippen LogP contribution in [-0.4, -0.2) is 30.6 Å². The second kappa shape index (κ2) is 6.10. The number of nitrogens with zero attached hydrogens (tertiary/aromatic N) is 1. The van der Waals surface area contributed by atoms with Gasteiger partial charge in [-0.3, -0.25) is 4.90 Å². The first-order valence-corrected chi connectivity index (χ1v) is 8.66. The highest BCUT2D eigenvalue weighted by Gasteiger charge is 2.39. The Kier molecular flexibility index (Phi) is 4.37. The van der Waals surface area contributed by atoms with E-state index in [0.29, 0.717) is 17.5 Å². The monoisotopic (exact) mass is 286 g/mol. The molecule has 1 aliphatic heterocycles. The molecule has 2 nitrogen and oxygen atoms in total. The van der Waals surface area contributed by atoms with Crippen LogP contribution < -0.4 is 5.32 Å². The molecule has 1 heterocycles. The predicted molar refractivity (Wildman–Crippen MR) is 89.6 cm³/mol. The number of hydrogen-bond donors (Lipinski definition) is 1. The largest absolute Gasteiger partial charge is 0.309 e. The van der Waals surface area contributed by atoms with Crippen LogP contribution in [0.5, 0.6) is 0 Å². The topological polar surface area (TPSA) is 15.3 Å². The lowest BCUT2D eigenvalue weighted by atomic mass is 9.83. The predicted octanol–water partition coefficient (Wildman–Crippen LogP) is 3.77. The molecule has 1 fully saturated rings. The van der Waals surface area contributed by atoms with E-state index in [1.54, 1.807) is 11.1 Å². The zero-order valence-electron chi connectivity index (χ0n) is 13.9. The molecule has 1 aromatic rings. The molecule has 116 valence electrons. The molecular formula is C19H30N2. The molecule has 0 bridgehead atoms. The maximum Gasteiger partial charge on any atom is 0.0484 e. The number of hydrogen-bond acceptors (Lipinski definition) is 2. The Morgan fingerprint density at radius 1 is 1.29 bits per heavy atom. The van der Waals surface area contributed by atoms with Gasteiger partial charge in [0.25, 0.3) is 0 Å². The lowest BCUT2D eigenvalue weighted by Gasteiger charge is -2.43. The Labute approximate surface area is 129 Å². The molecule has 1 aromatic carbocycles. The summed E-state index contributed by atoms with van der Waals surface area (Å²) in [5.74, 6) is 0. The van der Waals surface area contributed by atoms with Crippen molar-refractivity contribution in [3.05, 3.63) is 35.4 Å². The van der Waals surface area contributed by atoms with Crippen molar-refractivity contribution in [3.8, 4) is 0 Å². The Balaban J connectivity index is 1.81. The van der Waals surface area contributed by atoms with Gasteiger partial charge in [0.15, 0.2) is 0 Å². The normalized spacial score (nSPS) is 28.5. The second-order valence-electron chi connectivity index (χ2n) is 7.64. The SMILES string of the molecule is CCCNC1c2ccccc2CC1N1CCCC(C)(C)C1. The summed E-state index contributed by atoms with van der Waals surface area (Å²) in [5, 5.41) is 3.82. The van der Waals surface area contributed by atoms with Crippen LogP contribution in [0.2, 0.25) is 0 Å². The molecule has 1 N–H and O–H groups in total. The van der Waals surface area contributed by atoms with Crippen molar-refractivity contribution < 1.29 is 0 Å². The Morgan fingerprint density at radius 2 is 2.10 bits per heavy atom. The third-order valence-electron chi connectivity index (χ3n) is 5.22. The molecule has 0 radical (unpaired) electrons. The summed E-state index contributed by atoms with van der Waals surface area (Å²) in [5.41, 5.74) is 3.57. The molecular weight excluding hydrogens is 256 g/mol. The highest BCUT2D eigenvalue weighted by atomic mass is 15.2. The van der Waals surface area contributed by atoms with Crippen molar-refractivity contribution in [2.45, 2.75) is 58.5 Å². The lowest BCUT2D eigenvalue weighted by Crippen LogP contribution is -2.49. The van der Waals surface area contributed by atoms with E-state index in [1.165, 1.54) is 38.8 Å². The Hall–Kier alpha value is -0.860. The van der Waals surface area contributed by atoms with Gasteiger partial charge in [-0.1, -0.05) is 45.0 Å². The van der Waals surface area contributed by atoms with Crippen LogP contribution in [0, 0.1) is 5.41 Å². The smallest absolute Gasteiger partial charge is 0.0484 e. The van der Waals surface area contributed by atoms with Gasteiger partial charge in [-0.05, 0) is 55.3 Å². The maximum absolute atomic E-state index is 3.82. The van der Waals surface area contributed by atoms with Crippen LogP contribution in [0.3, 0.4) is 0 Å². The van der Waals surface area contributed by atoms with Crippen molar-refractivity contribution >= 4 is 0 Å². The first kappa shape index (κ1) is 15.1. The maximum atomic E-state index is 3.82.